The third-order valence-corrected chi connectivity index (χ3v) is 5.62. The third kappa shape index (κ3) is 3.52. The van der Waals surface area contributed by atoms with Crippen LogP contribution in [0, 0.1) is 13.8 Å². The largest absolute Gasteiger partial charge is 0.360 e. The first kappa shape index (κ1) is 16.2. The van der Waals surface area contributed by atoms with E-state index >= 15 is 0 Å². The molecule has 0 aliphatic rings. The van der Waals surface area contributed by atoms with E-state index in [0.29, 0.717) is 11.5 Å². The summed E-state index contributed by atoms with van der Waals surface area (Å²) in [5.74, 6) is 0.303. The fourth-order valence-electron chi connectivity index (χ4n) is 2.18. The first-order chi connectivity index (χ1) is 9.83. The van der Waals surface area contributed by atoms with Crippen molar-refractivity contribution < 1.29 is 12.9 Å². The minimum atomic E-state index is -3.63. The van der Waals surface area contributed by atoms with E-state index in [-0.39, 0.29) is 17.5 Å². The van der Waals surface area contributed by atoms with Crippen LogP contribution in [0.25, 0.3) is 0 Å². The van der Waals surface area contributed by atoms with Gasteiger partial charge < -0.3 is 9.42 Å². The van der Waals surface area contributed by atoms with E-state index in [0.717, 1.165) is 5.56 Å². The predicted molar refractivity (Wildman–Crippen MR) is 81.9 cm³/mol. The molecule has 0 fully saturated rings. The second-order valence-corrected chi connectivity index (χ2v) is 7.53. The van der Waals surface area contributed by atoms with Gasteiger partial charge in [0, 0.05) is 12.6 Å². The summed E-state index contributed by atoms with van der Waals surface area (Å²) in [5, 5.41) is 7.70. The summed E-state index contributed by atoms with van der Waals surface area (Å²) in [7, 11) is 0.219. The molecule has 2 heterocycles. The van der Waals surface area contributed by atoms with E-state index in [9.17, 15) is 8.42 Å². The number of rotatable bonds is 6. The van der Waals surface area contributed by atoms with Crippen molar-refractivity contribution in [2.24, 2.45) is 0 Å². The maximum atomic E-state index is 12.4. The quantitative estimate of drug-likeness (QED) is 0.876. The van der Waals surface area contributed by atoms with Gasteiger partial charge in [0.15, 0.2) is 5.76 Å². The van der Waals surface area contributed by atoms with Gasteiger partial charge in [0.05, 0.1) is 0 Å². The molecular formula is C13H19N3O3S2. The molecule has 21 heavy (non-hydrogen) atoms. The number of nitrogens with one attached hydrogen (secondary N) is 1. The van der Waals surface area contributed by atoms with Gasteiger partial charge in [-0.3, -0.25) is 0 Å². The number of thiophene rings is 1. The number of likely N-dealkylation sites (N-methyl/N-ethyl adjacent to an activating group) is 1. The molecule has 0 spiro atoms. The highest BCUT2D eigenvalue weighted by atomic mass is 32.2. The standard InChI is InChI=1S/C13H19N3O3S2/c1-9-13(10(2)19-15-9)21(17,18)14-7-12(16(3)4)11-5-6-20-8-11/h5-6,8,12,14H,7H2,1-4H3/t12-/m0/s1. The van der Waals surface area contributed by atoms with Crippen molar-refractivity contribution in [3.05, 3.63) is 33.8 Å². The van der Waals surface area contributed by atoms with Gasteiger partial charge in [-0.15, -0.1) is 0 Å². The van der Waals surface area contributed by atoms with Crippen molar-refractivity contribution in [1.82, 2.24) is 14.8 Å². The summed E-state index contributed by atoms with van der Waals surface area (Å²) in [4.78, 5) is 2.11. The van der Waals surface area contributed by atoms with E-state index in [4.69, 9.17) is 4.52 Å². The molecule has 0 aliphatic carbocycles. The van der Waals surface area contributed by atoms with Crippen LogP contribution in [-0.4, -0.2) is 39.1 Å². The average Bonchev–Trinajstić information content (AvgIpc) is 2.99. The van der Waals surface area contributed by atoms with E-state index in [1.54, 1.807) is 25.2 Å². The topological polar surface area (TPSA) is 75.4 Å². The van der Waals surface area contributed by atoms with Gasteiger partial charge >= 0.3 is 0 Å². The van der Waals surface area contributed by atoms with Crippen molar-refractivity contribution >= 4 is 21.4 Å². The minimum Gasteiger partial charge on any atom is -0.360 e. The monoisotopic (exact) mass is 329 g/mol. The SMILES string of the molecule is Cc1noc(C)c1S(=O)(=O)NC[C@@H](c1ccsc1)N(C)C. The Labute approximate surface area is 128 Å². The molecule has 0 radical (unpaired) electrons. The third-order valence-electron chi connectivity index (χ3n) is 3.25. The highest BCUT2D eigenvalue weighted by Crippen LogP contribution is 2.22. The van der Waals surface area contributed by atoms with Gasteiger partial charge in [0.25, 0.3) is 0 Å². The molecule has 6 nitrogen and oxygen atoms in total. The lowest BCUT2D eigenvalue weighted by Gasteiger charge is -2.23. The lowest BCUT2D eigenvalue weighted by atomic mass is 10.1. The van der Waals surface area contributed by atoms with Gasteiger partial charge in [-0.25, -0.2) is 13.1 Å². The Morgan fingerprint density at radius 3 is 2.62 bits per heavy atom. The molecule has 1 N–H and O–H groups in total. The Balaban J connectivity index is 2.18. The molecule has 0 saturated heterocycles. The molecule has 2 rings (SSSR count). The molecule has 2 aromatic heterocycles. The van der Waals surface area contributed by atoms with Crippen LogP contribution in [0.1, 0.15) is 23.1 Å². The summed E-state index contributed by atoms with van der Waals surface area (Å²) in [6.07, 6.45) is 0. The van der Waals surface area contributed by atoms with E-state index < -0.39 is 10.0 Å². The number of hydrogen-bond acceptors (Lipinski definition) is 6. The predicted octanol–water partition coefficient (Wildman–Crippen LogP) is 1.93. The molecule has 0 aliphatic heterocycles. The molecule has 0 amide bonds. The molecule has 0 unspecified atom stereocenters. The molecule has 0 aromatic carbocycles. The normalized spacial score (nSPS) is 13.8. The van der Waals surface area contributed by atoms with Crippen LogP contribution in [0.4, 0.5) is 0 Å². The first-order valence-electron chi connectivity index (χ1n) is 6.44. The van der Waals surface area contributed by atoms with Crippen LogP contribution in [0.15, 0.2) is 26.2 Å². The van der Waals surface area contributed by atoms with Gasteiger partial charge in [-0.05, 0) is 50.3 Å². The molecule has 116 valence electrons. The summed E-state index contributed by atoms with van der Waals surface area (Å²) < 4.78 is 32.4. The lowest BCUT2D eigenvalue weighted by Crippen LogP contribution is -2.34. The molecule has 0 bridgehead atoms. The minimum absolute atomic E-state index is 0.0218. The van der Waals surface area contributed by atoms with Crippen LogP contribution in [0.5, 0.6) is 0 Å². The van der Waals surface area contributed by atoms with Gasteiger partial charge in [0.1, 0.15) is 10.6 Å². The van der Waals surface area contributed by atoms with Crippen LogP contribution >= 0.6 is 11.3 Å². The summed E-state index contributed by atoms with van der Waals surface area (Å²) in [6.45, 7) is 3.50. The summed E-state index contributed by atoms with van der Waals surface area (Å²) in [5.41, 5.74) is 1.46. The maximum absolute atomic E-state index is 12.4. The van der Waals surface area contributed by atoms with Crippen molar-refractivity contribution in [2.45, 2.75) is 24.8 Å². The van der Waals surface area contributed by atoms with E-state index in [2.05, 4.69) is 9.88 Å². The smallest absolute Gasteiger partial charge is 0.246 e. The summed E-state index contributed by atoms with van der Waals surface area (Å²) >= 11 is 1.59. The summed E-state index contributed by atoms with van der Waals surface area (Å²) in [6, 6.07) is 1.98. The van der Waals surface area contributed by atoms with Gasteiger partial charge in [-0.2, -0.15) is 11.3 Å². The second kappa shape index (κ2) is 6.27. The average molecular weight is 329 g/mol. The van der Waals surface area contributed by atoms with E-state index in [1.807, 2.05) is 35.8 Å². The van der Waals surface area contributed by atoms with Gasteiger partial charge in [0.2, 0.25) is 10.0 Å². The van der Waals surface area contributed by atoms with Crippen LogP contribution < -0.4 is 4.72 Å². The van der Waals surface area contributed by atoms with Crippen molar-refractivity contribution in [2.75, 3.05) is 20.6 Å². The van der Waals surface area contributed by atoms with Crippen LogP contribution in [-0.2, 0) is 10.0 Å². The Kier molecular flexibility index (Phi) is 4.82. The number of sulfonamides is 1. The van der Waals surface area contributed by atoms with Crippen LogP contribution in [0.3, 0.4) is 0 Å². The van der Waals surface area contributed by atoms with Crippen LogP contribution in [0.2, 0.25) is 0 Å². The second-order valence-electron chi connectivity index (χ2n) is 5.04. The zero-order chi connectivity index (χ0) is 15.6. The van der Waals surface area contributed by atoms with Crippen molar-refractivity contribution in [1.29, 1.82) is 0 Å². The van der Waals surface area contributed by atoms with Crippen molar-refractivity contribution in [3.63, 3.8) is 0 Å². The Hall–Kier alpha value is -1.22. The highest BCUT2D eigenvalue weighted by Gasteiger charge is 2.26. The number of nitrogens with zero attached hydrogens (tertiary/aromatic N) is 2. The van der Waals surface area contributed by atoms with Crippen molar-refractivity contribution in [3.8, 4) is 0 Å². The van der Waals surface area contributed by atoms with E-state index in [1.165, 1.54) is 0 Å². The zero-order valence-electron chi connectivity index (χ0n) is 12.5. The highest BCUT2D eigenvalue weighted by molar-refractivity contribution is 7.89. The zero-order valence-corrected chi connectivity index (χ0v) is 14.1. The Morgan fingerprint density at radius 2 is 2.14 bits per heavy atom. The molecule has 8 heteroatoms. The number of aryl methyl sites for hydroxylation is 2. The number of hydrogen-bond donors (Lipinski definition) is 1. The Bertz CT molecular complexity index is 671. The fourth-order valence-corrected chi connectivity index (χ4v) is 4.25. The molecule has 0 saturated carbocycles. The fraction of sp³-hybridized carbons (Fsp3) is 0.462. The molecule has 1 atom stereocenters. The van der Waals surface area contributed by atoms with Gasteiger partial charge in [-0.1, -0.05) is 5.16 Å². The first-order valence-corrected chi connectivity index (χ1v) is 8.86. The lowest BCUT2D eigenvalue weighted by molar-refractivity contribution is 0.300. The number of aromatic nitrogens is 1. The molecular weight excluding hydrogens is 310 g/mol. The molecule has 2 aromatic rings. The Morgan fingerprint density at radius 1 is 1.43 bits per heavy atom. The maximum Gasteiger partial charge on any atom is 0.246 e.